The monoisotopic (exact) mass is 233 g/mol. The lowest BCUT2D eigenvalue weighted by Crippen LogP contribution is -2.33. The van der Waals surface area contributed by atoms with Crippen LogP contribution in [0.2, 0.25) is 0 Å². The molecule has 1 saturated carbocycles. The van der Waals surface area contributed by atoms with Crippen LogP contribution in [0.3, 0.4) is 0 Å². The summed E-state index contributed by atoms with van der Waals surface area (Å²) < 4.78 is 0.878. The molecule has 0 heterocycles. The van der Waals surface area contributed by atoms with E-state index in [0.717, 1.165) is 29.5 Å². The Morgan fingerprint density at radius 3 is 2.64 bits per heavy atom. The van der Waals surface area contributed by atoms with E-state index in [9.17, 15) is 5.11 Å². The largest absolute Gasteiger partial charge is 0.392 e. The molecule has 1 aliphatic carbocycles. The molecule has 1 N–H and O–H groups in total. The topological polar surface area (TPSA) is 23.5 Å². The summed E-state index contributed by atoms with van der Waals surface area (Å²) >= 11 is 6.88. The van der Waals surface area contributed by atoms with Gasteiger partial charge in [0.15, 0.2) is 0 Å². The van der Waals surface area contributed by atoms with E-state index in [0.29, 0.717) is 5.25 Å². The quantitative estimate of drug-likeness (QED) is 0.701. The molecule has 0 saturated heterocycles. The minimum atomic E-state index is -0.172. The van der Waals surface area contributed by atoms with E-state index in [1.165, 1.54) is 0 Å². The average Bonchev–Trinajstić information content (AvgIpc) is 2.11. The molecule has 0 aromatic rings. The molecule has 3 atom stereocenters. The Morgan fingerprint density at radius 2 is 2.07 bits per heavy atom. The molecule has 4 heteroatoms. The second-order valence-electron chi connectivity index (χ2n) is 4.30. The zero-order valence-corrected chi connectivity index (χ0v) is 10.7. The van der Waals surface area contributed by atoms with Gasteiger partial charge in [0.05, 0.1) is 6.10 Å². The van der Waals surface area contributed by atoms with Crippen molar-refractivity contribution < 1.29 is 5.11 Å². The third-order valence-corrected chi connectivity index (χ3v) is 4.67. The molecule has 0 amide bonds. The van der Waals surface area contributed by atoms with Gasteiger partial charge in [-0.25, -0.2) is 0 Å². The minimum Gasteiger partial charge on any atom is -0.392 e. The molecule has 0 aromatic carbocycles. The number of thioether (sulfide) groups is 1. The molecular formula is C10H19NOS2. The van der Waals surface area contributed by atoms with Crippen LogP contribution in [0.15, 0.2) is 0 Å². The van der Waals surface area contributed by atoms with Crippen LogP contribution >= 0.6 is 24.0 Å². The fourth-order valence-corrected chi connectivity index (χ4v) is 3.23. The molecule has 0 radical (unpaired) electrons. The first-order chi connectivity index (χ1) is 6.50. The number of rotatable bonds is 1. The van der Waals surface area contributed by atoms with Crippen molar-refractivity contribution in [3.05, 3.63) is 0 Å². The lowest BCUT2D eigenvalue weighted by Gasteiger charge is -2.32. The molecule has 1 fully saturated rings. The third-order valence-electron chi connectivity index (χ3n) is 2.64. The van der Waals surface area contributed by atoms with Crippen molar-refractivity contribution in [2.75, 3.05) is 14.1 Å². The first kappa shape index (κ1) is 12.3. The lowest BCUT2D eigenvalue weighted by molar-refractivity contribution is 0.120. The summed E-state index contributed by atoms with van der Waals surface area (Å²) in [6.07, 6.45) is 2.98. The molecule has 1 aliphatic rings. The lowest BCUT2D eigenvalue weighted by atomic mass is 9.88. The summed E-state index contributed by atoms with van der Waals surface area (Å²) in [6.45, 7) is 2.25. The maximum absolute atomic E-state index is 9.82. The van der Waals surface area contributed by atoms with Gasteiger partial charge in [-0.15, -0.1) is 0 Å². The van der Waals surface area contributed by atoms with Crippen molar-refractivity contribution in [2.24, 2.45) is 5.92 Å². The van der Waals surface area contributed by atoms with E-state index in [-0.39, 0.29) is 6.10 Å². The number of thiocarbonyl (C=S) groups is 1. The SMILES string of the molecule is C[C@@H]1CC[C@@H](O)[C@H](SC(=S)N(C)C)C1. The van der Waals surface area contributed by atoms with E-state index in [2.05, 4.69) is 6.92 Å². The standard InChI is InChI=1S/C10H19NOS2/c1-7-4-5-8(12)9(6-7)14-10(13)11(2)3/h7-9,12H,4-6H2,1-3H3/t7-,8-,9-/m1/s1. The number of nitrogens with zero attached hydrogens (tertiary/aromatic N) is 1. The molecular weight excluding hydrogens is 214 g/mol. The van der Waals surface area contributed by atoms with E-state index in [1.807, 2.05) is 19.0 Å². The van der Waals surface area contributed by atoms with E-state index in [1.54, 1.807) is 11.8 Å². The second-order valence-corrected chi connectivity index (χ2v) is 6.18. The minimum absolute atomic E-state index is 0.172. The van der Waals surface area contributed by atoms with Crippen molar-refractivity contribution in [3.8, 4) is 0 Å². The zero-order chi connectivity index (χ0) is 10.7. The van der Waals surface area contributed by atoms with Gasteiger partial charge in [0.25, 0.3) is 0 Å². The summed E-state index contributed by atoms with van der Waals surface area (Å²) in [5.41, 5.74) is 0. The summed E-state index contributed by atoms with van der Waals surface area (Å²) in [5.74, 6) is 0.723. The van der Waals surface area contributed by atoms with Gasteiger partial charge in [0.1, 0.15) is 4.32 Å². The highest BCUT2D eigenvalue weighted by atomic mass is 32.2. The van der Waals surface area contributed by atoms with Crippen LogP contribution in [0.5, 0.6) is 0 Å². The number of hydrogen-bond donors (Lipinski definition) is 1. The van der Waals surface area contributed by atoms with Crippen LogP contribution in [-0.4, -0.2) is 39.8 Å². The van der Waals surface area contributed by atoms with Crippen LogP contribution in [0.4, 0.5) is 0 Å². The van der Waals surface area contributed by atoms with Crippen molar-refractivity contribution in [1.29, 1.82) is 0 Å². The van der Waals surface area contributed by atoms with Crippen molar-refractivity contribution in [1.82, 2.24) is 4.90 Å². The van der Waals surface area contributed by atoms with Crippen LogP contribution in [0, 0.1) is 5.92 Å². The van der Waals surface area contributed by atoms with Gasteiger partial charge in [-0.1, -0.05) is 30.9 Å². The summed E-state index contributed by atoms with van der Waals surface area (Å²) in [7, 11) is 3.90. The molecule has 82 valence electrons. The third kappa shape index (κ3) is 3.41. The highest BCUT2D eigenvalue weighted by molar-refractivity contribution is 8.23. The molecule has 2 nitrogen and oxygen atoms in total. The van der Waals surface area contributed by atoms with Gasteiger partial charge in [0, 0.05) is 19.3 Å². The molecule has 0 spiro atoms. The Morgan fingerprint density at radius 1 is 1.43 bits per heavy atom. The average molecular weight is 233 g/mol. The Hall–Kier alpha value is 0.200. The summed E-state index contributed by atoms with van der Waals surface area (Å²) in [5, 5.41) is 10.1. The van der Waals surface area contributed by atoms with E-state index in [4.69, 9.17) is 12.2 Å². The van der Waals surface area contributed by atoms with Gasteiger partial charge < -0.3 is 10.0 Å². The van der Waals surface area contributed by atoms with Crippen LogP contribution in [0.25, 0.3) is 0 Å². The molecule has 0 bridgehead atoms. The zero-order valence-electron chi connectivity index (χ0n) is 9.06. The van der Waals surface area contributed by atoms with Crippen LogP contribution in [0.1, 0.15) is 26.2 Å². The van der Waals surface area contributed by atoms with Gasteiger partial charge >= 0.3 is 0 Å². The van der Waals surface area contributed by atoms with Gasteiger partial charge in [-0.3, -0.25) is 0 Å². The van der Waals surface area contributed by atoms with Gasteiger partial charge in [-0.2, -0.15) is 0 Å². The maximum Gasteiger partial charge on any atom is 0.136 e. The number of aliphatic hydroxyl groups excluding tert-OH is 1. The predicted molar refractivity (Wildman–Crippen MR) is 66.7 cm³/mol. The van der Waals surface area contributed by atoms with E-state index < -0.39 is 0 Å². The van der Waals surface area contributed by atoms with Crippen LogP contribution < -0.4 is 0 Å². The maximum atomic E-state index is 9.82. The molecule has 1 rings (SSSR count). The number of hydrogen-bond acceptors (Lipinski definition) is 3. The highest BCUT2D eigenvalue weighted by Crippen LogP contribution is 2.33. The Bertz CT molecular complexity index is 208. The first-order valence-corrected chi connectivity index (χ1v) is 6.35. The van der Waals surface area contributed by atoms with E-state index >= 15 is 0 Å². The van der Waals surface area contributed by atoms with Crippen LogP contribution in [-0.2, 0) is 0 Å². The summed E-state index contributed by atoms with van der Waals surface area (Å²) in [6, 6.07) is 0. The molecule has 0 unspecified atom stereocenters. The Labute approximate surface area is 96.1 Å². The number of aliphatic hydroxyl groups is 1. The molecule has 0 aromatic heterocycles. The molecule has 0 aliphatic heterocycles. The highest BCUT2D eigenvalue weighted by Gasteiger charge is 2.28. The Kier molecular flexibility index (Phi) is 4.67. The first-order valence-electron chi connectivity index (χ1n) is 5.06. The van der Waals surface area contributed by atoms with Crippen molar-refractivity contribution >= 4 is 28.3 Å². The second kappa shape index (κ2) is 5.33. The predicted octanol–water partition coefficient (Wildman–Crippen LogP) is 2.12. The fraction of sp³-hybridized carbons (Fsp3) is 0.900. The molecule has 14 heavy (non-hydrogen) atoms. The Balaban J connectivity index is 2.45. The van der Waals surface area contributed by atoms with Crippen molar-refractivity contribution in [3.63, 3.8) is 0 Å². The summed E-state index contributed by atoms with van der Waals surface area (Å²) in [4.78, 5) is 1.94. The fourth-order valence-electron chi connectivity index (χ4n) is 1.67. The van der Waals surface area contributed by atoms with Gasteiger partial charge in [0.2, 0.25) is 0 Å². The van der Waals surface area contributed by atoms with Gasteiger partial charge in [-0.05, 0) is 25.2 Å². The smallest absolute Gasteiger partial charge is 0.136 e. The normalized spacial score (nSPS) is 32.7. The van der Waals surface area contributed by atoms with Crippen molar-refractivity contribution in [2.45, 2.75) is 37.5 Å².